The molecule has 3 N–H and O–H groups in total. The van der Waals surface area contributed by atoms with Gasteiger partial charge in [-0.1, -0.05) is 44.4 Å². The fourth-order valence-corrected chi connectivity index (χ4v) is 5.73. The zero-order valence-corrected chi connectivity index (χ0v) is 23.6. The first kappa shape index (κ1) is 28.9. The monoisotopic (exact) mass is 536 g/mol. The molecule has 3 amide bonds. The van der Waals surface area contributed by atoms with Crippen LogP contribution in [-0.2, 0) is 11.2 Å². The molecule has 1 aliphatic carbocycles. The molecule has 3 atom stereocenters. The van der Waals surface area contributed by atoms with E-state index in [1.807, 2.05) is 55.5 Å². The van der Waals surface area contributed by atoms with Crippen molar-refractivity contribution in [2.24, 2.45) is 11.8 Å². The summed E-state index contributed by atoms with van der Waals surface area (Å²) >= 11 is 0. The maximum Gasteiger partial charge on any atom is 0.323 e. The Hall–Kier alpha value is -3.10. The number of likely N-dealkylation sites (N-methyl/N-ethyl adjacent to an activating group) is 1. The minimum Gasteiger partial charge on any atom is -0.488 e. The standard InChI is InChI=1S/C31H44N4O4/c1-22-18-35(23(2)21-36)30(37)17-25-16-27(33-31(38)32-26-12-8-5-9-13-26)14-15-28(25)39-29(22)20-34(3)19-24-10-6-4-7-11-24/h5,8-9,12-16,22-24,29,36H,4,6-7,10-11,17-21H2,1-3H3,(H2,32,33,38)/t22-,23+,29-/m1/s1. The molecule has 2 aliphatic rings. The summed E-state index contributed by atoms with van der Waals surface area (Å²) in [5, 5.41) is 15.6. The number of hydrogen-bond donors (Lipinski definition) is 3. The van der Waals surface area contributed by atoms with Crippen molar-refractivity contribution in [2.75, 3.05) is 43.9 Å². The van der Waals surface area contributed by atoms with Crippen LogP contribution in [0.15, 0.2) is 48.5 Å². The molecular formula is C31H44N4O4. The number of fused-ring (bicyclic) bond motifs is 1. The summed E-state index contributed by atoms with van der Waals surface area (Å²) in [4.78, 5) is 30.2. The number of nitrogens with zero attached hydrogens (tertiary/aromatic N) is 2. The average molecular weight is 537 g/mol. The molecule has 1 aliphatic heterocycles. The lowest BCUT2D eigenvalue weighted by atomic mass is 9.89. The summed E-state index contributed by atoms with van der Waals surface area (Å²) < 4.78 is 6.64. The highest BCUT2D eigenvalue weighted by Gasteiger charge is 2.31. The molecule has 0 spiro atoms. The third kappa shape index (κ3) is 8.19. The molecule has 1 fully saturated rings. The average Bonchev–Trinajstić information content (AvgIpc) is 2.97. The number of amides is 3. The number of ether oxygens (including phenoxy) is 1. The van der Waals surface area contributed by atoms with Crippen LogP contribution < -0.4 is 15.4 Å². The van der Waals surface area contributed by atoms with Gasteiger partial charge in [-0.05, 0) is 63.1 Å². The molecule has 0 aromatic heterocycles. The predicted octanol–water partition coefficient (Wildman–Crippen LogP) is 4.99. The number of aliphatic hydroxyl groups is 1. The Kier molecular flexibility index (Phi) is 10.2. The Labute approximate surface area is 232 Å². The maximum atomic E-state index is 13.4. The number of urea groups is 1. The number of hydrogen-bond acceptors (Lipinski definition) is 5. The molecule has 2 aromatic carbocycles. The normalized spacial score (nSPS) is 21.3. The number of para-hydroxylation sites is 1. The number of nitrogens with one attached hydrogen (secondary N) is 2. The lowest BCUT2D eigenvalue weighted by Gasteiger charge is -2.35. The highest BCUT2D eigenvalue weighted by Crippen LogP contribution is 2.30. The fourth-order valence-electron chi connectivity index (χ4n) is 5.73. The summed E-state index contributed by atoms with van der Waals surface area (Å²) in [7, 11) is 2.16. The van der Waals surface area contributed by atoms with Gasteiger partial charge in [0.1, 0.15) is 11.9 Å². The van der Waals surface area contributed by atoms with Gasteiger partial charge >= 0.3 is 6.03 Å². The molecule has 8 heteroatoms. The summed E-state index contributed by atoms with van der Waals surface area (Å²) in [5.74, 6) is 1.40. The lowest BCUT2D eigenvalue weighted by Crippen LogP contribution is -2.48. The van der Waals surface area contributed by atoms with Crippen LogP contribution in [0.1, 0.15) is 51.5 Å². The number of anilines is 2. The van der Waals surface area contributed by atoms with Gasteiger partial charge in [0.2, 0.25) is 5.91 Å². The first-order chi connectivity index (χ1) is 18.8. The van der Waals surface area contributed by atoms with Crippen LogP contribution in [0.4, 0.5) is 16.2 Å². The molecule has 0 unspecified atom stereocenters. The second-order valence-electron chi connectivity index (χ2n) is 11.4. The summed E-state index contributed by atoms with van der Waals surface area (Å²) in [6.45, 7) is 6.22. The van der Waals surface area contributed by atoms with Gasteiger partial charge in [0.25, 0.3) is 0 Å². The predicted molar refractivity (Wildman–Crippen MR) is 155 cm³/mol. The largest absolute Gasteiger partial charge is 0.488 e. The van der Waals surface area contributed by atoms with E-state index in [1.54, 1.807) is 4.90 Å². The second kappa shape index (κ2) is 13.8. The lowest BCUT2D eigenvalue weighted by molar-refractivity contribution is -0.134. The molecule has 8 nitrogen and oxygen atoms in total. The topological polar surface area (TPSA) is 94.1 Å². The number of benzene rings is 2. The third-order valence-corrected chi connectivity index (χ3v) is 7.99. The van der Waals surface area contributed by atoms with Gasteiger partial charge in [-0.15, -0.1) is 0 Å². The van der Waals surface area contributed by atoms with E-state index >= 15 is 0 Å². The molecular weight excluding hydrogens is 492 g/mol. The van der Waals surface area contributed by atoms with Crippen molar-refractivity contribution >= 4 is 23.3 Å². The van der Waals surface area contributed by atoms with Crippen LogP contribution >= 0.6 is 0 Å². The van der Waals surface area contributed by atoms with Crippen LogP contribution in [-0.4, -0.2) is 72.3 Å². The van der Waals surface area contributed by atoms with Crippen molar-refractivity contribution in [1.82, 2.24) is 9.80 Å². The number of carbonyl (C=O) groups excluding carboxylic acids is 2. The van der Waals surface area contributed by atoms with Crippen molar-refractivity contribution in [3.8, 4) is 5.75 Å². The maximum absolute atomic E-state index is 13.4. The highest BCUT2D eigenvalue weighted by molar-refractivity contribution is 5.99. The van der Waals surface area contributed by atoms with Crippen molar-refractivity contribution in [1.29, 1.82) is 0 Å². The van der Waals surface area contributed by atoms with E-state index < -0.39 is 0 Å². The Balaban J connectivity index is 1.53. The van der Waals surface area contributed by atoms with E-state index in [4.69, 9.17) is 4.74 Å². The molecule has 212 valence electrons. The molecule has 39 heavy (non-hydrogen) atoms. The van der Waals surface area contributed by atoms with Gasteiger partial charge in [0, 0.05) is 42.5 Å². The van der Waals surface area contributed by atoms with Crippen molar-refractivity contribution in [2.45, 2.75) is 64.5 Å². The molecule has 1 saturated carbocycles. The van der Waals surface area contributed by atoms with Crippen LogP contribution in [0.2, 0.25) is 0 Å². The van der Waals surface area contributed by atoms with E-state index in [9.17, 15) is 14.7 Å². The van der Waals surface area contributed by atoms with Crippen LogP contribution in [0.25, 0.3) is 0 Å². The number of rotatable bonds is 8. The Morgan fingerprint density at radius 1 is 1.08 bits per heavy atom. The van der Waals surface area contributed by atoms with Crippen molar-refractivity contribution in [3.05, 3.63) is 54.1 Å². The quantitative estimate of drug-likeness (QED) is 0.442. The molecule has 0 saturated heterocycles. The van der Waals surface area contributed by atoms with E-state index in [2.05, 4.69) is 29.5 Å². The molecule has 0 radical (unpaired) electrons. The summed E-state index contributed by atoms with van der Waals surface area (Å²) in [6.07, 6.45) is 6.56. The minimum absolute atomic E-state index is 0.0599. The third-order valence-electron chi connectivity index (χ3n) is 7.99. The summed E-state index contributed by atoms with van der Waals surface area (Å²) in [5.41, 5.74) is 2.00. The van der Waals surface area contributed by atoms with Crippen LogP contribution in [0.5, 0.6) is 5.75 Å². The van der Waals surface area contributed by atoms with Gasteiger partial charge < -0.3 is 30.3 Å². The molecule has 1 heterocycles. The molecule has 2 aromatic rings. The first-order valence-electron chi connectivity index (χ1n) is 14.3. The second-order valence-corrected chi connectivity index (χ2v) is 11.4. The number of aliphatic hydroxyl groups excluding tert-OH is 1. The van der Waals surface area contributed by atoms with Crippen LogP contribution in [0, 0.1) is 11.8 Å². The van der Waals surface area contributed by atoms with Crippen molar-refractivity contribution < 1.29 is 19.4 Å². The van der Waals surface area contributed by atoms with Gasteiger partial charge in [0.15, 0.2) is 0 Å². The zero-order chi connectivity index (χ0) is 27.8. The van der Waals surface area contributed by atoms with E-state index in [0.717, 1.165) is 24.6 Å². The van der Waals surface area contributed by atoms with Gasteiger partial charge in [-0.25, -0.2) is 4.79 Å². The fraction of sp³-hybridized carbons (Fsp3) is 0.548. The molecule has 4 rings (SSSR count). The van der Waals surface area contributed by atoms with Gasteiger partial charge in [-0.3, -0.25) is 4.79 Å². The minimum atomic E-state index is -0.358. The highest BCUT2D eigenvalue weighted by atomic mass is 16.5. The zero-order valence-electron chi connectivity index (χ0n) is 23.6. The van der Waals surface area contributed by atoms with Crippen LogP contribution in [0.3, 0.4) is 0 Å². The smallest absolute Gasteiger partial charge is 0.323 e. The molecule has 0 bridgehead atoms. The number of carbonyl (C=O) groups is 2. The first-order valence-corrected chi connectivity index (χ1v) is 14.3. The van der Waals surface area contributed by atoms with E-state index in [-0.39, 0.29) is 43.0 Å². The SMILES string of the molecule is C[C@@H]1CN([C@@H](C)CO)C(=O)Cc2cc(NC(=O)Nc3ccccc3)ccc2O[C@@H]1CN(C)CC1CCCCC1. The van der Waals surface area contributed by atoms with E-state index in [0.29, 0.717) is 23.7 Å². The van der Waals surface area contributed by atoms with Crippen molar-refractivity contribution in [3.63, 3.8) is 0 Å². The Morgan fingerprint density at radius 2 is 1.79 bits per heavy atom. The van der Waals surface area contributed by atoms with Gasteiger partial charge in [0.05, 0.1) is 19.1 Å². The van der Waals surface area contributed by atoms with Gasteiger partial charge in [-0.2, -0.15) is 0 Å². The summed E-state index contributed by atoms with van der Waals surface area (Å²) in [6, 6.07) is 14.1. The Bertz CT molecular complexity index is 1090. The van der Waals surface area contributed by atoms with E-state index in [1.165, 1.54) is 32.1 Å². The Morgan fingerprint density at radius 3 is 2.51 bits per heavy atom.